The molecule has 336 valence electrons. The van der Waals surface area contributed by atoms with Gasteiger partial charge in [-0.3, -0.25) is 24.0 Å². The molecule has 5 atom stereocenters. The molecule has 0 fully saturated rings. The molecule has 11 heteroatoms. The van der Waals surface area contributed by atoms with Crippen molar-refractivity contribution in [2.75, 3.05) is 0 Å². The zero-order chi connectivity index (χ0) is 46.2. The predicted molar refractivity (Wildman–Crippen MR) is 239 cm³/mol. The van der Waals surface area contributed by atoms with E-state index < -0.39 is 41.4 Å². The van der Waals surface area contributed by atoms with Gasteiger partial charge in [0, 0.05) is 62.6 Å². The summed E-state index contributed by atoms with van der Waals surface area (Å²) in [5.74, 6) is -2.35. The SMILES string of the molecule is C=C(C)C1CC/C(C)=C/CC[C@]2(C=O)C(CC3=C[C@H]2C/C(C)=C\[C@H](OC(C)=O)c2cc(OC(C)=O)c(cc2OC(C)=O)C/C(C)=C\CC3)Cc2cc(OC(C)=O)cc1c2OC(C)=O. The summed E-state index contributed by atoms with van der Waals surface area (Å²) >= 11 is 0. The molecule has 2 aromatic carbocycles. The number of fused-ring (bicyclic) bond motifs is 10. The standard InChI is InChI=1S/C52H62O11/c1-30(2)45-17-16-31(3)14-12-18-52(29-53)42-20-33(5)21-49(61-36(8)56)47-28-48(60-35(7)55)40(26-50(47)62-37(9)57)19-32(4)13-11-15-39(22-42)23-43(52)24-41-25-44(59-34(6)54)27-46(45)51(41)63-38(10)58/h13-14,21-22,25-29,42-43,45,49H,1,11-12,15-20,23-24H2,2-10H3/b31-14+,32-13-,33-21-/t42-,43?,45?,49+,52-/m1/s1. The quantitative estimate of drug-likeness (QED) is 0.113. The maximum Gasteiger partial charge on any atom is 0.308 e. The van der Waals surface area contributed by atoms with E-state index in [4.69, 9.17) is 23.7 Å². The van der Waals surface area contributed by atoms with Crippen molar-refractivity contribution in [3.8, 4) is 23.0 Å². The number of ether oxygens (including phenoxy) is 5. The topological polar surface area (TPSA) is 149 Å². The molecule has 0 heterocycles. The lowest BCUT2D eigenvalue weighted by Gasteiger charge is -2.46. The van der Waals surface area contributed by atoms with Crippen LogP contribution < -0.4 is 18.9 Å². The maximum atomic E-state index is 14.2. The number of hydrogen-bond acceptors (Lipinski definition) is 11. The minimum absolute atomic E-state index is 0.165. The number of esters is 5. The van der Waals surface area contributed by atoms with Crippen LogP contribution in [0.5, 0.6) is 23.0 Å². The Labute approximate surface area is 371 Å². The third kappa shape index (κ3) is 12.4. The van der Waals surface area contributed by atoms with Crippen LogP contribution in [-0.4, -0.2) is 36.1 Å². The Balaban J connectivity index is 1.77. The molecule has 4 aliphatic rings. The lowest BCUT2D eigenvalue weighted by molar-refractivity contribution is -0.144. The zero-order valence-corrected chi connectivity index (χ0v) is 38.3. The van der Waals surface area contributed by atoms with Crippen LogP contribution in [0.2, 0.25) is 0 Å². The number of aldehydes is 1. The van der Waals surface area contributed by atoms with Gasteiger partial charge in [-0.25, -0.2) is 0 Å². The normalized spacial score (nSPS) is 25.4. The van der Waals surface area contributed by atoms with E-state index in [0.717, 1.165) is 35.0 Å². The molecule has 63 heavy (non-hydrogen) atoms. The first-order valence-electron chi connectivity index (χ1n) is 21.8. The van der Waals surface area contributed by atoms with Crippen molar-refractivity contribution in [1.29, 1.82) is 0 Å². The lowest BCUT2D eigenvalue weighted by atomic mass is 9.56. The van der Waals surface area contributed by atoms with Crippen LogP contribution in [0.3, 0.4) is 0 Å². The van der Waals surface area contributed by atoms with E-state index >= 15 is 0 Å². The van der Waals surface area contributed by atoms with Gasteiger partial charge in [-0.1, -0.05) is 52.7 Å². The summed E-state index contributed by atoms with van der Waals surface area (Å²) in [6.07, 6.45) is 14.1. The molecule has 2 unspecified atom stereocenters. The summed E-state index contributed by atoms with van der Waals surface area (Å²) in [7, 11) is 0. The van der Waals surface area contributed by atoms with Crippen LogP contribution in [0.1, 0.15) is 148 Å². The second-order valence-corrected chi connectivity index (χ2v) is 17.7. The molecular formula is C52H62O11. The molecule has 0 radical (unpaired) electrons. The second kappa shape index (κ2) is 21.0. The summed E-state index contributed by atoms with van der Waals surface area (Å²) in [6, 6.07) is 6.79. The molecule has 0 amide bonds. The van der Waals surface area contributed by atoms with E-state index in [1.807, 2.05) is 20.8 Å². The van der Waals surface area contributed by atoms with Gasteiger partial charge in [0.25, 0.3) is 0 Å². The summed E-state index contributed by atoms with van der Waals surface area (Å²) in [6.45, 7) is 18.9. The molecule has 0 aliphatic heterocycles. The Hall–Kier alpha value is -5.84. The van der Waals surface area contributed by atoms with E-state index in [9.17, 15) is 28.8 Å². The van der Waals surface area contributed by atoms with Gasteiger partial charge < -0.3 is 28.5 Å². The first kappa shape index (κ1) is 48.2. The maximum absolute atomic E-state index is 14.2. The van der Waals surface area contributed by atoms with Crippen LogP contribution in [0.4, 0.5) is 0 Å². The molecule has 11 nitrogen and oxygen atoms in total. The average Bonchev–Trinajstić information content (AvgIpc) is 3.16. The number of carbonyl (C=O) groups excluding carboxylic acids is 6. The largest absolute Gasteiger partial charge is 0.453 e. The highest BCUT2D eigenvalue weighted by Gasteiger charge is 2.47. The first-order valence-corrected chi connectivity index (χ1v) is 21.8. The Kier molecular flexibility index (Phi) is 16.1. The molecule has 4 aliphatic carbocycles. The van der Waals surface area contributed by atoms with Gasteiger partial charge in [0.05, 0.1) is 0 Å². The molecule has 2 aromatic rings. The average molecular weight is 863 g/mol. The van der Waals surface area contributed by atoms with Crippen LogP contribution in [0, 0.1) is 17.3 Å². The molecule has 0 saturated heterocycles. The fourth-order valence-electron chi connectivity index (χ4n) is 9.60. The zero-order valence-electron chi connectivity index (χ0n) is 38.3. The van der Waals surface area contributed by atoms with Gasteiger partial charge in [-0.2, -0.15) is 0 Å². The highest BCUT2D eigenvalue weighted by atomic mass is 16.6. The fraction of sp³-hybridized carbons (Fsp3) is 0.462. The van der Waals surface area contributed by atoms with Gasteiger partial charge in [0.15, 0.2) is 0 Å². The van der Waals surface area contributed by atoms with Gasteiger partial charge in [-0.05, 0) is 140 Å². The number of benzene rings is 2. The Morgan fingerprint density at radius 1 is 0.667 bits per heavy atom. The first-order chi connectivity index (χ1) is 29.8. The summed E-state index contributed by atoms with van der Waals surface area (Å²) < 4.78 is 29.2. The number of rotatable bonds is 7. The molecule has 6 rings (SSSR count). The highest BCUT2D eigenvalue weighted by Crippen LogP contribution is 2.53. The van der Waals surface area contributed by atoms with E-state index in [2.05, 4.69) is 31.7 Å². The molecule has 0 N–H and O–H groups in total. The minimum atomic E-state index is -1.06. The second-order valence-electron chi connectivity index (χ2n) is 17.7. The number of hydrogen-bond donors (Lipinski definition) is 0. The minimum Gasteiger partial charge on any atom is -0.453 e. The van der Waals surface area contributed by atoms with Crippen LogP contribution in [-0.2, 0) is 46.3 Å². The van der Waals surface area contributed by atoms with Gasteiger partial charge in [-0.15, -0.1) is 0 Å². The van der Waals surface area contributed by atoms with E-state index in [-0.39, 0.29) is 29.3 Å². The van der Waals surface area contributed by atoms with Crippen LogP contribution in [0.25, 0.3) is 0 Å². The number of carbonyl (C=O) groups is 6. The summed E-state index contributed by atoms with van der Waals surface area (Å²) in [4.78, 5) is 77.1. The van der Waals surface area contributed by atoms with Crippen molar-refractivity contribution in [2.45, 2.75) is 139 Å². The van der Waals surface area contributed by atoms with E-state index in [1.54, 1.807) is 30.3 Å². The number of allylic oxidation sites excluding steroid dienone is 8. The van der Waals surface area contributed by atoms with E-state index in [1.165, 1.54) is 40.2 Å². The smallest absolute Gasteiger partial charge is 0.308 e. The molecule has 0 spiro atoms. The monoisotopic (exact) mass is 862 g/mol. The third-order valence-electron chi connectivity index (χ3n) is 12.3. The van der Waals surface area contributed by atoms with Crippen molar-refractivity contribution in [2.24, 2.45) is 17.3 Å². The van der Waals surface area contributed by atoms with E-state index in [0.29, 0.717) is 91.5 Å². The Morgan fingerprint density at radius 2 is 1.33 bits per heavy atom. The van der Waals surface area contributed by atoms with Crippen molar-refractivity contribution in [3.63, 3.8) is 0 Å². The van der Waals surface area contributed by atoms with Crippen molar-refractivity contribution in [3.05, 3.63) is 105 Å². The fourth-order valence-corrected chi connectivity index (χ4v) is 9.60. The van der Waals surface area contributed by atoms with Gasteiger partial charge in [0.1, 0.15) is 35.4 Å². The van der Waals surface area contributed by atoms with Crippen molar-refractivity contribution < 1.29 is 52.5 Å². The van der Waals surface area contributed by atoms with Gasteiger partial charge in [0.2, 0.25) is 0 Å². The third-order valence-corrected chi connectivity index (χ3v) is 12.3. The Morgan fingerprint density at radius 3 is 1.97 bits per heavy atom. The molecule has 0 aromatic heterocycles. The Bertz CT molecular complexity index is 2290. The summed E-state index contributed by atoms with van der Waals surface area (Å²) in [5, 5.41) is 0. The summed E-state index contributed by atoms with van der Waals surface area (Å²) in [5.41, 5.74) is 6.35. The van der Waals surface area contributed by atoms with Crippen molar-refractivity contribution >= 4 is 36.1 Å². The van der Waals surface area contributed by atoms with Crippen LogP contribution in [0.15, 0.2) is 83.0 Å². The van der Waals surface area contributed by atoms with Gasteiger partial charge >= 0.3 is 29.8 Å². The molecular weight excluding hydrogens is 801 g/mol. The molecule has 6 bridgehead atoms. The molecule has 0 saturated carbocycles. The van der Waals surface area contributed by atoms with Crippen LogP contribution >= 0.6 is 0 Å². The highest BCUT2D eigenvalue weighted by molar-refractivity contribution is 5.74. The van der Waals surface area contributed by atoms with Crippen molar-refractivity contribution in [1.82, 2.24) is 0 Å². The lowest BCUT2D eigenvalue weighted by Crippen LogP contribution is -2.43. The predicted octanol–water partition coefficient (Wildman–Crippen LogP) is 10.8.